The monoisotopic (exact) mass is 336 g/mol. The van der Waals surface area contributed by atoms with Gasteiger partial charge in [-0.1, -0.05) is 57.2 Å². The summed E-state index contributed by atoms with van der Waals surface area (Å²) in [5.74, 6) is 1.99. The van der Waals surface area contributed by atoms with Gasteiger partial charge in [0, 0.05) is 12.5 Å². The molecule has 0 saturated carbocycles. The maximum atomic E-state index is 9.80. The average molecular weight is 337 g/mol. The van der Waals surface area contributed by atoms with E-state index in [2.05, 4.69) is 71.0 Å². The molecule has 0 spiro atoms. The lowest BCUT2D eigenvalue weighted by Crippen LogP contribution is -2.22. The summed E-state index contributed by atoms with van der Waals surface area (Å²) in [5, 5.41) is 9.80. The fourth-order valence-corrected chi connectivity index (χ4v) is 4.08. The summed E-state index contributed by atoms with van der Waals surface area (Å²) in [4.78, 5) is 0. The lowest BCUT2D eigenvalue weighted by molar-refractivity contribution is 0.208. The first kappa shape index (κ1) is 18.2. The van der Waals surface area contributed by atoms with Crippen molar-refractivity contribution in [3.05, 3.63) is 69.8 Å². The van der Waals surface area contributed by atoms with Crippen molar-refractivity contribution in [2.24, 2.45) is 11.8 Å². The van der Waals surface area contributed by atoms with Crippen LogP contribution in [0.15, 0.2) is 36.4 Å². The highest BCUT2D eigenvalue weighted by molar-refractivity contribution is 5.45. The van der Waals surface area contributed by atoms with E-state index in [9.17, 15) is 5.11 Å². The predicted molar refractivity (Wildman–Crippen MR) is 106 cm³/mol. The Morgan fingerprint density at radius 1 is 1.00 bits per heavy atom. The molecule has 1 aliphatic carbocycles. The Morgan fingerprint density at radius 2 is 1.76 bits per heavy atom. The molecule has 0 aliphatic heterocycles. The van der Waals surface area contributed by atoms with E-state index < -0.39 is 0 Å². The van der Waals surface area contributed by atoms with Crippen LogP contribution < -0.4 is 0 Å². The Balaban J connectivity index is 2.06. The second-order valence-electron chi connectivity index (χ2n) is 8.38. The molecule has 0 saturated heterocycles. The van der Waals surface area contributed by atoms with Crippen molar-refractivity contribution in [3.8, 4) is 0 Å². The lowest BCUT2D eigenvalue weighted by atomic mass is 9.72. The van der Waals surface area contributed by atoms with Crippen LogP contribution in [0.25, 0.3) is 0 Å². The Bertz CT molecular complexity index is 744. The number of hydrogen-bond acceptors (Lipinski definition) is 1. The first-order valence-corrected chi connectivity index (χ1v) is 9.71. The minimum atomic E-state index is 0.283. The minimum absolute atomic E-state index is 0.283. The molecule has 3 rings (SSSR count). The van der Waals surface area contributed by atoms with E-state index >= 15 is 0 Å². The van der Waals surface area contributed by atoms with Crippen molar-refractivity contribution in [1.82, 2.24) is 0 Å². The molecule has 0 bridgehead atoms. The Kier molecular flexibility index (Phi) is 5.34. The van der Waals surface area contributed by atoms with Crippen molar-refractivity contribution < 1.29 is 5.11 Å². The van der Waals surface area contributed by atoms with E-state index in [0.717, 1.165) is 12.8 Å². The van der Waals surface area contributed by atoms with Gasteiger partial charge in [0.1, 0.15) is 0 Å². The summed E-state index contributed by atoms with van der Waals surface area (Å²) in [6.07, 6.45) is 2.05. The SMILES string of the molecule is Cc1ccc([C@H]2C[C@@H](CO)Cc3ccc(C(C)C(C)C)cc32)cc1C. The minimum Gasteiger partial charge on any atom is -0.396 e. The van der Waals surface area contributed by atoms with Crippen LogP contribution in [0.2, 0.25) is 0 Å². The van der Waals surface area contributed by atoms with Crippen LogP contribution in [0.3, 0.4) is 0 Å². The Morgan fingerprint density at radius 3 is 2.40 bits per heavy atom. The zero-order chi connectivity index (χ0) is 18.1. The maximum Gasteiger partial charge on any atom is 0.0462 e. The Labute approximate surface area is 153 Å². The van der Waals surface area contributed by atoms with Crippen LogP contribution in [0.1, 0.15) is 72.4 Å². The average Bonchev–Trinajstić information content (AvgIpc) is 2.61. The quantitative estimate of drug-likeness (QED) is 0.753. The van der Waals surface area contributed by atoms with Crippen molar-refractivity contribution >= 4 is 0 Å². The van der Waals surface area contributed by atoms with E-state index in [1.165, 1.54) is 33.4 Å². The van der Waals surface area contributed by atoms with Crippen molar-refractivity contribution in [2.75, 3.05) is 6.61 Å². The van der Waals surface area contributed by atoms with Gasteiger partial charge in [-0.2, -0.15) is 0 Å². The molecular weight excluding hydrogens is 304 g/mol. The second kappa shape index (κ2) is 7.33. The van der Waals surface area contributed by atoms with E-state index in [-0.39, 0.29) is 6.61 Å². The van der Waals surface area contributed by atoms with Gasteiger partial charge in [-0.25, -0.2) is 0 Å². The summed E-state index contributed by atoms with van der Waals surface area (Å²) in [6, 6.07) is 14.0. The van der Waals surface area contributed by atoms with Gasteiger partial charge >= 0.3 is 0 Å². The molecule has 0 aromatic heterocycles. The highest BCUT2D eigenvalue weighted by Crippen LogP contribution is 2.41. The van der Waals surface area contributed by atoms with Gasteiger partial charge in [-0.15, -0.1) is 0 Å². The zero-order valence-corrected chi connectivity index (χ0v) is 16.3. The molecule has 3 atom stereocenters. The van der Waals surface area contributed by atoms with Gasteiger partial charge in [0.2, 0.25) is 0 Å². The van der Waals surface area contributed by atoms with Gasteiger partial charge < -0.3 is 5.11 Å². The number of rotatable bonds is 4. The number of fused-ring (bicyclic) bond motifs is 1. The van der Waals surface area contributed by atoms with Crippen LogP contribution in [0.5, 0.6) is 0 Å². The normalized spacial score (nSPS) is 21.2. The number of aliphatic hydroxyl groups excluding tert-OH is 1. The lowest BCUT2D eigenvalue weighted by Gasteiger charge is -2.32. The van der Waals surface area contributed by atoms with Crippen molar-refractivity contribution in [1.29, 1.82) is 0 Å². The third-order valence-electron chi connectivity index (χ3n) is 6.34. The topological polar surface area (TPSA) is 20.2 Å². The molecule has 1 nitrogen and oxygen atoms in total. The van der Waals surface area contributed by atoms with Crippen molar-refractivity contribution in [3.63, 3.8) is 0 Å². The maximum absolute atomic E-state index is 9.80. The molecule has 1 N–H and O–H groups in total. The number of benzene rings is 2. The standard InChI is InChI=1S/C24H32O/c1-15(2)18(5)20-8-9-22-11-19(14-25)12-23(24(22)13-20)21-7-6-16(3)17(4)10-21/h6-10,13,15,18-19,23,25H,11-12,14H2,1-5H3/t18?,19-,23+/m0/s1. The molecule has 0 heterocycles. The van der Waals surface area contributed by atoms with Crippen LogP contribution in [0.4, 0.5) is 0 Å². The largest absolute Gasteiger partial charge is 0.396 e. The van der Waals surface area contributed by atoms with E-state index in [0.29, 0.717) is 23.7 Å². The molecule has 1 heteroatoms. The summed E-state index contributed by atoms with van der Waals surface area (Å²) < 4.78 is 0. The molecule has 2 aromatic rings. The number of aryl methyl sites for hydroxylation is 2. The van der Waals surface area contributed by atoms with Crippen LogP contribution >= 0.6 is 0 Å². The van der Waals surface area contributed by atoms with Crippen molar-refractivity contribution in [2.45, 2.75) is 59.3 Å². The summed E-state index contributed by atoms with van der Waals surface area (Å²) >= 11 is 0. The molecule has 1 unspecified atom stereocenters. The predicted octanol–water partition coefficient (Wildman–Crippen LogP) is 5.75. The fourth-order valence-electron chi connectivity index (χ4n) is 4.08. The molecule has 1 aliphatic rings. The van der Waals surface area contributed by atoms with E-state index in [1.54, 1.807) is 0 Å². The van der Waals surface area contributed by atoms with Crippen LogP contribution in [-0.2, 0) is 6.42 Å². The molecular formula is C24H32O. The molecule has 134 valence electrons. The van der Waals surface area contributed by atoms with E-state index in [1.807, 2.05) is 0 Å². The molecule has 2 aromatic carbocycles. The molecule has 0 radical (unpaired) electrons. The van der Waals surface area contributed by atoms with Gasteiger partial charge in [0.15, 0.2) is 0 Å². The summed E-state index contributed by atoms with van der Waals surface area (Å²) in [5.41, 5.74) is 8.46. The van der Waals surface area contributed by atoms with E-state index in [4.69, 9.17) is 0 Å². The smallest absolute Gasteiger partial charge is 0.0462 e. The molecule has 0 fully saturated rings. The second-order valence-corrected chi connectivity index (χ2v) is 8.38. The van der Waals surface area contributed by atoms with Crippen LogP contribution in [-0.4, -0.2) is 11.7 Å². The molecule has 25 heavy (non-hydrogen) atoms. The highest BCUT2D eigenvalue weighted by atomic mass is 16.3. The van der Waals surface area contributed by atoms with Gasteiger partial charge in [0.25, 0.3) is 0 Å². The van der Waals surface area contributed by atoms with Gasteiger partial charge in [0.05, 0.1) is 0 Å². The first-order chi connectivity index (χ1) is 11.9. The van der Waals surface area contributed by atoms with Gasteiger partial charge in [-0.05, 0) is 77.8 Å². The number of hydrogen-bond donors (Lipinski definition) is 1. The third kappa shape index (κ3) is 3.67. The Hall–Kier alpha value is -1.60. The van der Waals surface area contributed by atoms with Gasteiger partial charge in [-0.3, -0.25) is 0 Å². The third-order valence-corrected chi connectivity index (χ3v) is 6.34. The highest BCUT2D eigenvalue weighted by Gasteiger charge is 2.28. The van der Waals surface area contributed by atoms with Crippen LogP contribution in [0, 0.1) is 25.7 Å². The summed E-state index contributed by atoms with van der Waals surface area (Å²) in [6.45, 7) is 11.6. The summed E-state index contributed by atoms with van der Waals surface area (Å²) in [7, 11) is 0. The molecule has 0 amide bonds. The fraction of sp³-hybridized carbons (Fsp3) is 0.500. The number of aliphatic hydroxyl groups is 1. The zero-order valence-electron chi connectivity index (χ0n) is 16.3. The first-order valence-electron chi connectivity index (χ1n) is 9.71.